The second-order valence-electron chi connectivity index (χ2n) is 6.78. The fraction of sp³-hybridized carbons (Fsp3) is 0.588. The van der Waals surface area contributed by atoms with Gasteiger partial charge in [-0.3, -0.25) is 4.79 Å². The van der Waals surface area contributed by atoms with Crippen LogP contribution in [-0.2, 0) is 17.6 Å². The summed E-state index contributed by atoms with van der Waals surface area (Å²) in [7, 11) is 0. The maximum Gasteiger partial charge on any atom is 0.239 e. The molecule has 0 saturated carbocycles. The molecule has 2 rings (SSSR count). The molecular formula is C17H27ClN2O. The average Bonchev–Trinajstić information content (AvgIpc) is 2.72. The zero-order valence-electron chi connectivity index (χ0n) is 13.2. The van der Waals surface area contributed by atoms with Gasteiger partial charge in [0.05, 0.1) is 5.54 Å². The molecule has 1 atom stereocenters. The summed E-state index contributed by atoms with van der Waals surface area (Å²) < 4.78 is 0. The monoisotopic (exact) mass is 310 g/mol. The average molecular weight is 311 g/mol. The summed E-state index contributed by atoms with van der Waals surface area (Å²) in [6, 6.07) is 8.54. The van der Waals surface area contributed by atoms with Gasteiger partial charge in [0.2, 0.25) is 5.91 Å². The number of amides is 1. The van der Waals surface area contributed by atoms with Gasteiger partial charge in [-0.25, -0.2) is 0 Å². The molecule has 3 nitrogen and oxygen atoms in total. The van der Waals surface area contributed by atoms with Crippen molar-refractivity contribution in [2.75, 3.05) is 6.54 Å². The number of hydrogen-bond donors (Lipinski definition) is 2. The Balaban J connectivity index is 0.00000220. The molecule has 1 unspecified atom stereocenters. The van der Waals surface area contributed by atoms with Gasteiger partial charge in [-0.15, -0.1) is 12.4 Å². The summed E-state index contributed by atoms with van der Waals surface area (Å²) >= 11 is 0. The first kappa shape index (κ1) is 18.0. The van der Waals surface area contributed by atoms with E-state index in [0.29, 0.717) is 6.54 Å². The molecule has 1 aromatic rings. The van der Waals surface area contributed by atoms with Gasteiger partial charge in [0.1, 0.15) is 0 Å². The standard InChI is InChI=1S/C17H26N2O.ClH/c1-4-9-17(3,18)15(20)19-12-16(2)10-13-7-5-6-8-14(13)11-16;/h5-8H,4,9-12,18H2,1-3H3,(H,19,20);1H. The number of rotatable bonds is 5. The van der Waals surface area contributed by atoms with Gasteiger partial charge in [-0.2, -0.15) is 0 Å². The summed E-state index contributed by atoms with van der Waals surface area (Å²) in [5, 5.41) is 3.06. The predicted octanol–water partition coefficient (Wildman–Crippen LogP) is 2.85. The third-order valence-electron chi connectivity index (χ3n) is 4.32. The van der Waals surface area contributed by atoms with Gasteiger partial charge in [-0.05, 0) is 42.7 Å². The van der Waals surface area contributed by atoms with E-state index < -0.39 is 5.54 Å². The molecule has 21 heavy (non-hydrogen) atoms. The van der Waals surface area contributed by atoms with E-state index in [4.69, 9.17) is 5.73 Å². The molecule has 0 aromatic heterocycles. The van der Waals surface area contributed by atoms with Gasteiger partial charge in [-0.1, -0.05) is 44.5 Å². The van der Waals surface area contributed by atoms with Crippen molar-refractivity contribution in [1.82, 2.24) is 5.32 Å². The lowest BCUT2D eigenvalue weighted by atomic mass is 9.86. The van der Waals surface area contributed by atoms with Crippen LogP contribution in [0.25, 0.3) is 0 Å². The summed E-state index contributed by atoms with van der Waals surface area (Å²) in [4.78, 5) is 12.2. The zero-order chi connectivity index (χ0) is 14.8. The number of halogens is 1. The number of fused-ring (bicyclic) bond motifs is 1. The number of carbonyl (C=O) groups excluding carboxylic acids is 1. The summed E-state index contributed by atoms with van der Waals surface area (Å²) in [5.74, 6) is -0.0310. The van der Waals surface area contributed by atoms with E-state index in [1.807, 2.05) is 13.8 Å². The molecule has 3 N–H and O–H groups in total. The van der Waals surface area contributed by atoms with E-state index >= 15 is 0 Å². The zero-order valence-corrected chi connectivity index (χ0v) is 14.1. The first-order valence-electron chi connectivity index (χ1n) is 7.50. The second-order valence-corrected chi connectivity index (χ2v) is 6.78. The second kappa shape index (κ2) is 6.80. The van der Waals surface area contributed by atoms with Crippen LogP contribution in [-0.4, -0.2) is 18.0 Å². The Kier molecular flexibility index (Phi) is 5.83. The summed E-state index contributed by atoms with van der Waals surface area (Å²) in [6.45, 7) is 6.79. The first-order chi connectivity index (χ1) is 9.36. The van der Waals surface area contributed by atoms with Crippen molar-refractivity contribution in [3.63, 3.8) is 0 Å². The van der Waals surface area contributed by atoms with Crippen molar-refractivity contribution in [2.24, 2.45) is 11.1 Å². The Labute approximate surface area is 134 Å². The maximum atomic E-state index is 12.2. The number of benzene rings is 1. The molecule has 118 valence electrons. The van der Waals surface area contributed by atoms with Crippen molar-refractivity contribution in [1.29, 1.82) is 0 Å². The minimum absolute atomic E-state index is 0. The van der Waals surface area contributed by atoms with Crippen molar-refractivity contribution in [2.45, 2.75) is 52.0 Å². The molecule has 1 aromatic carbocycles. The summed E-state index contributed by atoms with van der Waals surface area (Å²) in [5.41, 5.74) is 8.25. The van der Waals surface area contributed by atoms with Gasteiger partial charge in [0.15, 0.2) is 0 Å². The van der Waals surface area contributed by atoms with E-state index in [9.17, 15) is 4.79 Å². The quantitative estimate of drug-likeness (QED) is 0.878. The molecule has 4 heteroatoms. The van der Waals surface area contributed by atoms with E-state index in [1.165, 1.54) is 11.1 Å². The van der Waals surface area contributed by atoms with E-state index in [2.05, 4.69) is 36.5 Å². The summed E-state index contributed by atoms with van der Waals surface area (Å²) in [6.07, 6.45) is 3.69. The van der Waals surface area contributed by atoms with E-state index in [-0.39, 0.29) is 23.7 Å². The molecule has 0 bridgehead atoms. The molecule has 0 aliphatic heterocycles. The molecule has 1 amide bonds. The van der Waals surface area contributed by atoms with Crippen LogP contribution in [0.5, 0.6) is 0 Å². The van der Waals surface area contributed by atoms with Crippen LogP contribution in [0.2, 0.25) is 0 Å². The molecule has 0 fully saturated rings. The van der Waals surface area contributed by atoms with Crippen molar-refractivity contribution in [3.05, 3.63) is 35.4 Å². The minimum Gasteiger partial charge on any atom is -0.354 e. The Bertz CT molecular complexity index is 474. The lowest BCUT2D eigenvalue weighted by Crippen LogP contribution is -2.53. The van der Waals surface area contributed by atoms with Crippen LogP contribution in [0.1, 0.15) is 44.7 Å². The van der Waals surface area contributed by atoms with E-state index in [1.54, 1.807) is 0 Å². The molecule has 1 aliphatic carbocycles. The molecule has 0 heterocycles. The van der Waals surface area contributed by atoms with Crippen molar-refractivity contribution in [3.8, 4) is 0 Å². The van der Waals surface area contributed by atoms with Crippen LogP contribution >= 0.6 is 12.4 Å². The molecule has 1 aliphatic rings. The number of carbonyl (C=O) groups is 1. The lowest BCUT2D eigenvalue weighted by molar-refractivity contribution is -0.126. The highest BCUT2D eigenvalue weighted by Crippen LogP contribution is 2.36. The minimum atomic E-state index is -0.753. The molecule has 0 saturated heterocycles. The van der Waals surface area contributed by atoms with E-state index in [0.717, 1.165) is 25.7 Å². The van der Waals surface area contributed by atoms with Crippen LogP contribution in [0.4, 0.5) is 0 Å². The Morgan fingerprint density at radius 2 is 1.86 bits per heavy atom. The fourth-order valence-electron chi connectivity index (χ4n) is 3.14. The van der Waals surface area contributed by atoms with Crippen LogP contribution in [0, 0.1) is 5.41 Å². The number of hydrogen-bond acceptors (Lipinski definition) is 2. The molecule has 0 radical (unpaired) electrons. The first-order valence-corrected chi connectivity index (χ1v) is 7.50. The van der Waals surface area contributed by atoms with Gasteiger partial charge in [0, 0.05) is 6.54 Å². The third kappa shape index (κ3) is 4.21. The van der Waals surface area contributed by atoms with Gasteiger partial charge in [0.25, 0.3) is 0 Å². The molecular weight excluding hydrogens is 284 g/mol. The Morgan fingerprint density at radius 3 is 2.33 bits per heavy atom. The third-order valence-corrected chi connectivity index (χ3v) is 4.32. The van der Waals surface area contributed by atoms with Gasteiger partial charge < -0.3 is 11.1 Å². The highest BCUT2D eigenvalue weighted by Gasteiger charge is 2.35. The SMILES string of the molecule is CCCC(C)(N)C(=O)NCC1(C)Cc2ccccc2C1.Cl. The van der Waals surface area contributed by atoms with Crippen molar-refractivity contribution < 1.29 is 4.79 Å². The highest BCUT2D eigenvalue weighted by molar-refractivity contribution is 5.85. The van der Waals surface area contributed by atoms with Gasteiger partial charge >= 0.3 is 0 Å². The topological polar surface area (TPSA) is 55.1 Å². The molecule has 0 spiro atoms. The smallest absolute Gasteiger partial charge is 0.239 e. The Hall–Kier alpha value is -1.06. The van der Waals surface area contributed by atoms with Crippen LogP contribution < -0.4 is 11.1 Å². The van der Waals surface area contributed by atoms with Crippen molar-refractivity contribution >= 4 is 18.3 Å². The largest absolute Gasteiger partial charge is 0.354 e. The van der Waals surface area contributed by atoms with Crippen LogP contribution in [0.3, 0.4) is 0 Å². The fourth-order valence-corrected chi connectivity index (χ4v) is 3.14. The predicted molar refractivity (Wildman–Crippen MR) is 89.7 cm³/mol. The highest BCUT2D eigenvalue weighted by atomic mass is 35.5. The lowest BCUT2D eigenvalue weighted by Gasteiger charge is -2.28. The normalized spacial score (nSPS) is 18.3. The number of nitrogens with one attached hydrogen (secondary N) is 1. The maximum absolute atomic E-state index is 12.2. The Morgan fingerprint density at radius 1 is 1.33 bits per heavy atom. The number of nitrogens with two attached hydrogens (primary N) is 1. The van der Waals surface area contributed by atoms with Crippen LogP contribution in [0.15, 0.2) is 24.3 Å².